The lowest BCUT2D eigenvalue weighted by Gasteiger charge is -2.26. The first-order valence-electron chi connectivity index (χ1n) is 8.84. The van der Waals surface area contributed by atoms with Crippen LogP contribution in [0.4, 0.5) is 0 Å². The molecule has 0 aliphatic carbocycles. The number of rotatable bonds is 8. The normalized spacial score (nSPS) is 15.5. The molecule has 7 nitrogen and oxygen atoms in total. The van der Waals surface area contributed by atoms with Crippen molar-refractivity contribution in [3.8, 4) is 5.75 Å². The minimum atomic E-state index is 0.630. The van der Waals surface area contributed by atoms with Gasteiger partial charge < -0.3 is 14.0 Å². The van der Waals surface area contributed by atoms with Gasteiger partial charge in [0.1, 0.15) is 24.5 Å². The highest BCUT2D eigenvalue weighted by atomic mass is 35.5. The molecule has 0 saturated carbocycles. The molecule has 0 radical (unpaired) electrons. The first kappa shape index (κ1) is 19.1. The molecule has 1 aromatic carbocycles. The minimum Gasteiger partial charge on any atom is -0.491 e. The molecular formula is C18H26ClN5O2. The molecule has 2 aromatic rings. The van der Waals surface area contributed by atoms with Crippen molar-refractivity contribution in [1.29, 1.82) is 0 Å². The van der Waals surface area contributed by atoms with Crippen LogP contribution in [0.15, 0.2) is 24.5 Å². The fraction of sp³-hybridized carbons (Fsp3) is 0.556. The summed E-state index contributed by atoms with van der Waals surface area (Å²) in [5.74, 6) is 1.67. The number of halogens is 1. The molecular weight excluding hydrogens is 354 g/mol. The topological polar surface area (TPSA) is 55.6 Å². The summed E-state index contributed by atoms with van der Waals surface area (Å²) in [5, 5.41) is 8.67. The molecule has 8 heteroatoms. The van der Waals surface area contributed by atoms with Crippen LogP contribution in [0.25, 0.3) is 0 Å². The summed E-state index contributed by atoms with van der Waals surface area (Å²) in [7, 11) is 4.00. The molecule has 1 saturated heterocycles. The Labute approximate surface area is 159 Å². The van der Waals surface area contributed by atoms with E-state index in [1.165, 1.54) is 0 Å². The summed E-state index contributed by atoms with van der Waals surface area (Å²) >= 11 is 6.40. The van der Waals surface area contributed by atoms with E-state index in [0.29, 0.717) is 11.6 Å². The first-order valence-corrected chi connectivity index (χ1v) is 9.22. The Bertz CT molecular complexity index is 703. The van der Waals surface area contributed by atoms with Crippen molar-refractivity contribution < 1.29 is 9.47 Å². The molecule has 26 heavy (non-hydrogen) atoms. The number of aryl methyl sites for hydroxylation is 1. The highest BCUT2D eigenvalue weighted by Crippen LogP contribution is 2.26. The Kier molecular flexibility index (Phi) is 6.85. The zero-order valence-corrected chi connectivity index (χ0v) is 16.2. The molecule has 0 bridgehead atoms. The van der Waals surface area contributed by atoms with Gasteiger partial charge >= 0.3 is 0 Å². The van der Waals surface area contributed by atoms with Crippen LogP contribution in [0.5, 0.6) is 5.75 Å². The van der Waals surface area contributed by atoms with E-state index < -0.39 is 0 Å². The zero-order valence-electron chi connectivity index (χ0n) is 15.4. The van der Waals surface area contributed by atoms with E-state index in [4.69, 9.17) is 21.1 Å². The zero-order chi connectivity index (χ0) is 18.4. The van der Waals surface area contributed by atoms with Crippen molar-refractivity contribution in [2.75, 3.05) is 46.5 Å². The van der Waals surface area contributed by atoms with Gasteiger partial charge in [0.05, 0.1) is 24.8 Å². The fourth-order valence-corrected chi connectivity index (χ4v) is 3.19. The summed E-state index contributed by atoms with van der Waals surface area (Å²) in [6.45, 7) is 6.57. The van der Waals surface area contributed by atoms with Gasteiger partial charge in [0, 0.05) is 33.2 Å². The smallest absolute Gasteiger partial charge is 0.146 e. The molecule has 0 amide bonds. The highest BCUT2D eigenvalue weighted by Gasteiger charge is 2.11. The Hall–Kier alpha value is -1.67. The van der Waals surface area contributed by atoms with Gasteiger partial charge in [-0.2, -0.15) is 0 Å². The van der Waals surface area contributed by atoms with Gasteiger partial charge in [0.25, 0.3) is 0 Å². The van der Waals surface area contributed by atoms with Crippen LogP contribution in [-0.4, -0.2) is 71.1 Å². The lowest BCUT2D eigenvalue weighted by Crippen LogP contribution is -2.38. The number of morpholine rings is 1. The molecule has 3 rings (SSSR count). The Balaban J connectivity index is 1.47. The summed E-state index contributed by atoms with van der Waals surface area (Å²) in [6.07, 6.45) is 1.71. The second-order valence-corrected chi connectivity index (χ2v) is 7.00. The molecule has 1 aromatic heterocycles. The SMILES string of the molecule is CN(Cc1ccc(OCCN2CCOCC2)c(Cl)c1)Cc1nncn1C. The lowest BCUT2D eigenvalue weighted by atomic mass is 10.2. The van der Waals surface area contributed by atoms with Gasteiger partial charge in [0.2, 0.25) is 0 Å². The third kappa shape index (κ3) is 5.41. The number of hydrogen-bond donors (Lipinski definition) is 0. The van der Waals surface area contributed by atoms with E-state index in [1.54, 1.807) is 6.33 Å². The predicted octanol–water partition coefficient (Wildman–Crippen LogP) is 1.81. The van der Waals surface area contributed by atoms with Crippen molar-refractivity contribution in [2.24, 2.45) is 7.05 Å². The second-order valence-electron chi connectivity index (χ2n) is 6.60. The van der Waals surface area contributed by atoms with Crippen LogP contribution in [0.2, 0.25) is 5.02 Å². The summed E-state index contributed by atoms with van der Waals surface area (Å²) in [5.41, 5.74) is 1.14. The highest BCUT2D eigenvalue weighted by molar-refractivity contribution is 6.32. The van der Waals surface area contributed by atoms with Crippen LogP contribution in [-0.2, 0) is 24.9 Å². The van der Waals surface area contributed by atoms with Crippen molar-refractivity contribution in [3.05, 3.63) is 40.9 Å². The number of aromatic nitrogens is 3. The molecule has 1 aliphatic heterocycles. The van der Waals surface area contributed by atoms with Crippen LogP contribution in [0.3, 0.4) is 0 Å². The molecule has 142 valence electrons. The van der Waals surface area contributed by atoms with Gasteiger partial charge in [-0.15, -0.1) is 10.2 Å². The number of ether oxygens (including phenoxy) is 2. The molecule has 1 aliphatic rings. The van der Waals surface area contributed by atoms with E-state index >= 15 is 0 Å². The lowest BCUT2D eigenvalue weighted by molar-refractivity contribution is 0.0322. The Morgan fingerprint density at radius 3 is 2.77 bits per heavy atom. The summed E-state index contributed by atoms with van der Waals surface area (Å²) in [6, 6.07) is 5.98. The maximum absolute atomic E-state index is 6.40. The van der Waals surface area contributed by atoms with E-state index in [9.17, 15) is 0 Å². The number of hydrogen-bond acceptors (Lipinski definition) is 6. The van der Waals surface area contributed by atoms with E-state index in [1.807, 2.05) is 23.7 Å². The Morgan fingerprint density at radius 1 is 1.27 bits per heavy atom. The second kappa shape index (κ2) is 9.32. The third-order valence-corrected chi connectivity index (χ3v) is 4.73. The van der Waals surface area contributed by atoms with Crippen molar-refractivity contribution in [1.82, 2.24) is 24.6 Å². The minimum absolute atomic E-state index is 0.630. The van der Waals surface area contributed by atoms with Gasteiger partial charge in [-0.1, -0.05) is 17.7 Å². The van der Waals surface area contributed by atoms with Gasteiger partial charge in [-0.25, -0.2) is 0 Å². The van der Waals surface area contributed by atoms with Crippen LogP contribution in [0.1, 0.15) is 11.4 Å². The monoisotopic (exact) mass is 379 g/mol. The van der Waals surface area contributed by atoms with E-state index in [2.05, 4.69) is 33.1 Å². The standard InChI is InChI=1S/C18H26ClN5O2/c1-22(13-18-21-20-14-23(18)2)12-15-3-4-17(16(19)11-15)26-10-7-24-5-8-25-9-6-24/h3-4,11,14H,5-10,12-13H2,1-2H3. The van der Waals surface area contributed by atoms with E-state index in [-0.39, 0.29) is 0 Å². The molecule has 0 unspecified atom stereocenters. The number of benzene rings is 1. The largest absolute Gasteiger partial charge is 0.491 e. The first-order chi connectivity index (χ1) is 12.6. The summed E-state index contributed by atoms with van der Waals surface area (Å²) < 4.78 is 13.1. The molecule has 1 fully saturated rings. The van der Waals surface area contributed by atoms with Crippen molar-refractivity contribution in [2.45, 2.75) is 13.1 Å². The van der Waals surface area contributed by atoms with Crippen LogP contribution < -0.4 is 4.74 Å². The Morgan fingerprint density at radius 2 is 2.08 bits per heavy atom. The summed E-state index contributed by atoms with van der Waals surface area (Å²) in [4.78, 5) is 4.52. The van der Waals surface area contributed by atoms with Crippen LogP contribution >= 0.6 is 11.6 Å². The molecule has 0 spiro atoms. The van der Waals surface area contributed by atoms with Gasteiger partial charge in [-0.05, 0) is 24.7 Å². The quantitative estimate of drug-likeness (QED) is 0.697. The van der Waals surface area contributed by atoms with Gasteiger partial charge in [0.15, 0.2) is 0 Å². The van der Waals surface area contributed by atoms with Crippen LogP contribution in [0, 0.1) is 0 Å². The maximum Gasteiger partial charge on any atom is 0.146 e. The average Bonchev–Trinajstić information content (AvgIpc) is 3.02. The van der Waals surface area contributed by atoms with Crippen molar-refractivity contribution >= 4 is 11.6 Å². The fourth-order valence-electron chi connectivity index (χ4n) is 2.93. The van der Waals surface area contributed by atoms with Crippen molar-refractivity contribution in [3.63, 3.8) is 0 Å². The number of nitrogens with zero attached hydrogens (tertiary/aromatic N) is 5. The molecule has 0 atom stereocenters. The maximum atomic E-state index is 6.40. The molecule has 0 N–H and O–H groups in total. The average molecular weight is 380 g/mol. The predicted molar refractivity (Wildman–Crippen MR) is 100 cm³/mol. The van der Waals surface area contributed by atoms with Gasteiger partial charge in [-0.3, -0.25) is 9.80 Å². The third-order valence-electron chi connectivity index (χ3n) is 4.43. The van der Waals surface area contributed by atoms with E-state index in [0.717, 1.165) is 63.1 Å². The molecule has 2 heterocycles.